The van der Waals surface area contributed by atoms with Crippen molar-refractivity contribution in [3.05, 3.63) is 33.9 Å². The fraction of sp³-hybridized carbons (Fsp3) is 0.500. The molecule has 5 nitrogen and oxygen atoms in total. The lowest BCUT2D eigenvalue weighted by Gasteiger charge is -2.16. The van der Waals surface area contributed by atoms with Gasteiger partial charge in [0, 0.05) is 18.7 Å². The highest BCUT2D eigenvalue weighted by molar-refractivity contribution is 5.66. The molecule has 1 aromatic rings. The second-order valence-electron chi connectivity index (χ2n) is 3.93. The number of ether oxygens (including phenoxy) is 1. The van der Waals surface area contributed by atoms with E-state index in [1.54, 1.807) is 6.07 Å². The average Bonchev–Trinajstić information content (AvgIpc) is 2.28. The number of nitro groups is 1. The van der Waals surface area contributed by atoms with Crippen molar-refractivity contribution in [3.63, 3.8) is 0 Å². The predicted molar refractivity (Wildman–Crippen MR) is 67.4 cm³/mol. The van der Waals surface area contributed by atoms with Crippen molar-refractivity contribution in [2.24, 2.45) is 0 Å². The van der Waals surface area contributed by atoms with Gasteiger partial charge in [-0.15, -0.1) is 0 Å². The van der Waals surface area contributed by atoms with E-state index in [0.29, 0.717) is 18.9 Å². The number of hydrogen-bond donors (Lipinski definition) is 1. The van der Waals surface area contributed by atoms with E-state index < -0.39 is 0 Å². The molecule has 5 heteroatoms. The highest BCUT2D eigenvalue weighted by Crippen LogP contribution is 2.28. The Labute approximate surface area is 101 Å². The van der Waals surface area contributed by atoms with Crippen molar-refractivity contribution in [1.82, 2.24) is 0 Å². The van der Waals surface area contributed by atoms with Crippen LogP contribution in [0.5, 0.6) is 0 Å². The van der Waals surface area contributed by atoms with Gasteiger partial charge in [0.25, 0.3) is 5.69 Å². The van der Waals surface area contributed by atoms with Gasteiger partial charge in [-0.25, -0.2) is 0 Å². The number of nitro benzene ring substituents is 1. The molecule has 0 aliphatic carbocycles. The Morgan fingerprint density at radius 1 is 1.53 bits per heavy atom. The first-order chi connectivity index (χ1) is 8.06. The highest BCUT2D eigenvalue weighted by Gasteiger charge is 2.16. The summed E-state index contributed by atoms with van der Waals surface area (Å²) >= 11 is 0. The van der Waals surface area contributed by atoms with Crippen LogP contribution in [0.3, 0.4) is 0 Å². The number of benzene rings is 1. The molecule has 0 fully saturated rings. The van der Waals surface area contributed by atoms with E-state index in [1.165, 1.54) is 6.07 Å². The van der Waals surface area contributed by atoms with E-state index >= 15 is 0 Å². The second-order valence-corrected chi connectivity index (χ2v) is 3.93. The zero-order valence-electron chi connectivity index (χ0n) is 10.4. The van der Waals surface area contributed by atoms with Crippen molar-refractivity contribution >= 4 is 11.4 Å². The third-order valence-electron chi connectivity index (χ3n) is 2.41. The first-order valence-electron chi connectivity index (χ1n) is 5.64. The topological polar surface area (TPSA) is 64.4 Å². The van der Waals surface area contributed by atoms with Gasteiger partial charge in [0.05, 0.1) is 11.5 Å². The molecular formula is C12H18N2O3. The molecule has 1 N–H and O–H groups in total. The molecule has 0 aromatic heterocycles. The molecule has 0 heterocycles. The minimum absolute atomic E-state index is 0.0368. The SMILES string of the molecule is CCOCC(C)Nc1c(C)cccc1[N+](=O)[O-]. The Kier molecular flexibility index (Phi) is 4.90. The quantitative estimate of drug-likeness (QED) is 0.611. The molecule has 1 aromatic carbocycles. The molecule has 1 unspecified atom stereocenters. The Balaban J connectivity index is 2.85. The number of hydrogen-bond acceptors (Lipinski definition) is 4. The predicted octanol–water partition coefficient (Wildman–Crippen LogP) is 2.74. The third kappa shape index (κ3) is 3.71. The monoisotopic (exact) mass is 238 g/mol. The van der Waals surface area contributed by atoms with Gasteiger partial charge in [-0.05, 0) is 26.3 Å². The molecular weight excluding hydrogens is 220 g/mol. The van der Waals surface area contributed by atoms with E-state index in [4.69, 9.17) is 4.74 Å². The molecule has 0 radical (unpaired) electrons. The van der Waals surface area contributed by atoms with Crippen molar-refractivity contribution in [3.8, 4) is 0 Å². The molecule has 0 bridgehead atoms. The lowest BCUT2D eigenvalue weighted by Crippen LogP contribution is -2.22. The van der Waals surface area contributed by atoms with E-state index in [1.807, 2.05) is 26.8 Å². The number of rotatable bonds is 6. The zero-order valence-corrected chi connectivity index (χ0v) is 10.4. The van der Waals surface area contributed by atoms with Crippen LogP contribution in [-0.2, 0) is 4.74 Å². The van der Waals surface area contributed by atoms with Gasteiger partial charge < -0.3 is 10.1 Å². The van der Waals surface area contributed by atoms with Gasteiger partial charge in [0.2, 0.25) is 0 Å². The number of anilines is 1. The Bertz CT molecular complexity index is 393. The van der Waals surface area contributed by atoms with Crippen LogP contribution < -0.4 is 5.32 Å². The molecule has 0 amide bonds. The molecule has 0 saturated heterocycles. The van der Waals surface area contributed by atoms with Crippen LogP contribution in [0.25, 0.3) is 0 Å². The van der Waals surface area contributed by atoms with Gasteiger partial charge in [0.15, 0.2) is 0 Å². The van der Waals surface area contributed by atoms with Gasteiger partial charge >= 0.3 is 0 Å². The standard InChI is InChI=1S/C12H18N2O3/c1-4-17-8-10(3)13-12-9(2)6-5-7-11(12)14(15)16/h5-7,10,13H,4,8H2,1-3H3. The van der Waals surface area contributed by atoms with Crippen LogP contribution in [0.1, 0.15) is 19.4 Å². The number of nitrogens with one attached hydrogen (secondary N) is 1. The minimum atomic E-state index is -0.372. The Morgan fingerprint density at radius 3 is 2.82 bits per heavy atom. The van der Waals surface area contributed by atoms with Gasteiger partial charge in [-0.2, -0.15) is 0 Å². The maximum atomic E-state index is 10.9. The first kappa shape index (κ1) is 13.4. The summed E-state index contributed by atoms with van der Waals surface area (Å²) in [5, 5.41) is 14.0. The smallest absolute Gasteiger partial charge is 0.292 e. The summed E-state index contributed by atoms with van der Waals surface area (Å²) in [6, 6.07) is 5.08. The van der Waals surface area contributed by atoms with E-state index in [9.17, 15) is 10.1 Å². The molecule has 1 atom stereocenters. The maximum Gasteiger partial charge on any atom is 0.292 e. The molecule has 1 rings (SSSR count). The number of para-hydroxylation sites is 1. The van der Waals surface area contributed by atoms with Crippen molar-refractivity contribution in [1.29, 1.82) is 0 Å². The van der Waals surface area contributed by atoms with E-state index in [2.05, 4.69) is 5.32 Å². The summed E-state index contributed by atoms with van der Waals surface area (Å²) in [6.07, 6.45) is 0. The van der Waals surface area contributed by atoms with E-state index in [-0.39, 0.29) is 16.7 Å². The Morgan fingerprint density at radius 2 is 2.24 bits per heavy atom. The van der Waals surface area contributed by atoms with Crippen LogP contribution >= 0.6 is 0 Å². The first-order valence-corrected chi connectivity index (χ1v) is 5.64. The van der Waals surface area contributed by atoms with Gasteiger partial charge in [-0.3, -0.25) is 10.1 Å². The largest absolute Gasteiger partial charge is 0.380 e. The molecule has 17 heavy (non-hydrogen) atoms. The van der Waals surface area contributed by atoms with Gasteiger partial charge in [0.1, 0.15) is 5.69 Å². The van der Waals surface area contributed by atoms with Crippen LogP contribution in [0.4, 0.5) is 11.4 Å². The number of aryl methyl sites for hydroxylation is 1. The van der Waals surface area contributed by atoms with Crippen LogP contribution in [0, 0.1) is 17.0 Å². The maximum absolute atomic E-state index is 10.9. The molecule has 94 valence electrons. The third-order valence-corrected chi connectivity index (χ3v) is 2.41. The summed E-state index contributed by atoms with van der Waals surface area (Å²) in [7, 11) is 0. The van der Waals surface area contributed by atoms with Crippen LogP contribution in [-0.4, -0.2) is 24.2 Å². The number of nitrogens with zero attached hydrogens (tertiary/aromatic N) is 1. The van der Waals surface area contributed by atoms with Gasteiger partial charge in [-0.1, -0.05) is 12.1 Å². The summed E-state index contributed by atoms with van der Waals surface area (Å²) in [6.45, 7) is 6.88. The fourth-order valence-corrected chi connectivity index (χ4v) is 1.57. The summed E-state index contributed by atoms with van der Waals surface area (Å²) in [5.74, 6) is 0. The van der Waals surface area contributed by atoms with Crippen molar-refractivity contribution < 1.29 is 9.66 Å². The summed E-state index contributed by atoms with van der Waals surface area (Å²) in [4.78, 5) is 10.5. The second kappa shape index (κ2) is 6.20. The zero-order chi connectivity index (χ0) is 12.8. The summed E-state index contributed by atoms with van der Waals surface area (Å²) in [5.41, 5.74) is 1.54. The molecule has 0 spiro atoms. The Hall–Kier alpha value is -1.62. The molecule has 0 aliphatic heterocycles. The average molecular weight is 238 g/mol. The highest BCUT2D eigenvalue weighted by atomic mass is 16.6. The lowest BCUT2D eigenvalue weighted by atomic mass is 10.1. The normalized spacial score (nSPS) is 12.2. The molecule has 0 saturated carbocycles. The summed E-state index contributed by atoms with van der Waals surface area (Å²) < 4.78 is 5.28. The van der Waals surface area contributed by atoms with Crippen molar-refractivity contribution in [2.45, 2.75) is 26.8 Å². The van der Waals surface area contributed by atoms with Crippen molar-refractivity contribution in [2.75, 3.05) is 18.5 Å². The van der Waals surface area contributed by atoms with Crippen LogP contribution in [0.15, 0.2) is 18.2 Å². The van der Waals surface area contributed by atoms with E-state index in [0.717, 1.165) is 5.56 Å². The molecule has 0 aliphatic rings. The fourth-order valence-electron chi connectivity index (χ4n) is 1.57. The minimum Gasteiger partial charge on any atom is -0.380 e. The van der Waals surface area contributed by atoms with Crippen LogP contribution in [0.2, 0.25) is 0 Å². The lowest BCUT2D eigenvalue weighted by molar-refractivity contribution is -0.384.